The maximum atomic E-state index is 13.6. The van der Waals surface area contributed by atoms with Crippen LogP contribution in [0.25, 0.3) is 0 Å². The molecule has 1 amide bonds. The van der Waals surface area contributed by atoms with E-state index in [0.717, 1.165) is 24.8 Å². The summed E-state index contributed by atoms with van der Waals surface area (Å²) in [6.07, 6.45) is 2.85. The largest absolute Gasteiger partial charge is 0.342 e. The van der Waals surface area contributed by atoms with E-state index < -0.39 is 5.82 Å². The van der Waals surface area contributed by atoms with Crippen LogP contribution in [0, 0.1) is 12.7 Å². The topological polar surface area (TPSA) is 46.3 Å². The van der Waals surface area contributed by atoms with Crippen LogP contribution in [0.15, 0.2) is 18.2 Å². The van der Waals surface area contributed by atoms with Gasteiger partial charge in [-0.25, -0.2) is 4.39 Å². The van der Waals surface area contributed by atoms with E-state index in [1.54, 1.807) is 31.0 Å². The van der Waals surface area contributed by atoms with Gasteiger partial charge < -0.3 is 10.6 Å². The molecule has 0 fully saturated rings. The number of unbranched alkanes of at least 4 members (excludes halogenated alkanes) is 2. The lowest BCUT2D eigenvalue weighted by atomic mass is 10.1. The van der Waals surface area contributed by atoms with Crippen molar-refractivity contribution in [3.05, 3.63) is 35.1 Å². The summed E-state index contributed by atoms with van der Waals surface area (Å²) in [7, 11) is 1.70. The van der Waals surface area contributed by atoms with Gasteiger partial charge in [-0.05, 0) is 44.0 Å². The highest BCUT2D eigenvalue weighted by atomic mass is 19.1. The highest BCUT2D eigenvalue weighted by molar-refractivity contribution is 5.94. The highest BCUT2D eigenvalue weighted by Crippen LogP contribution is 2.12. The van der Waals surface area contributed by atoms with Crippen LogP contribution in [-0.4, -0.2) is 30.9 Å². The molecule has 100 valence electrons. The fourth-order valence-corrected chi connectivity index (χ4v) is 1.77. The van der Waals surface area contributed by atoms with Crippen LogP contribution in [0.1, 0.15) is 35.2 Å². The molecule has 3 nitrogen and oxygen atoms in total. The Morgan fingerprint density at radius 2 is 2.06 bits per heavy atom. The van der Waals surface area contributed by atoms with E-state index in [1.165, 1.54) is 6.07 Å². The summed E-state index contributed by atoms with van der Waals surface area (Å²) in [6.45, 7) is 3.10. The molecule has 0 aliphatic carbocycles. The molecule has 1 rings (SSSR count). The Hall–Kier alpha value is -1.42. The van der Waals surface area contributed by atoms with Gasteiger partial charge in [0.1, 0.15) is 5.82 Å². The number of hydrogen-bond acceptors (Lipinski definition) is 2. The number of nitrogens with zero attached hydrogens (tertiary/aromatic N) is 1. The lowest BCUT2D eigenvalue weighted by Gasteiger charge is -2.17. The third kappa shape index (κ3) is 4.11. The fraction of sp³-hybridized carbons (Fsp3) is 0.500. The maximum Gasteiger partial charge on any atom is 0.256 e. The van der Waals surface area contributed by atoms with Crippen LogP contribution in [0.2, 0.25) is 0 Å². The summed E-state index contributed by atoms with van der Waals surface area (Å²) < 4.78 is 13.6. The molecular weight excluding hydrogens is 231 g/mol. The molecule has 0 aliphatic rings. The number of rotatable bonds is 6. The van der Waals surface area contributed by atoms with Crippen molar-refractivity contribution in [3.63, 3.8) is 0 Å². The Bertz CT molecular complexity index is 407. The second-order valence-electron chi connectivity index (χ2n) is 4.56. The SMILES string of the molecule is Cc1ccc(C(=O)N(C)CCCCCN)c(F)c1. The summed E-state index contributed by atoms with van der Waals surface area (Å²) in [5.41, 5.74) is 6.36. The molecule has 0 saturated heterocycles. The van der Waals surface area contributed by atoms with Gasteiger partial charge in [0.15, 0.2) is 0 Å². The van der Waals surface area contributed by atoms with E-state index in [2.05, 4.69) is 0 Å². The predicted molar refractivity (Wildman–Crippen MR) is 71.0 cm³/mol. The van der Waals surface area contributed by atoms with E-state index in [-0.39, 0.29) is 11.5 Å². The molecule has 0 radical (unpaired) electrons. The minimum atomic E-state index is -0.450. The first-order chi connectivity index (χ1) is 8.56. The zero-order valence-electron chi connectivity index (χ0n) is 11.1. The summed E-state index contributed by atoms with van der Waals surface area (Å²) >= 11 is 0. The first kappa shape index (κ1) is 14.6. The number of carbonyl (C=O) groups is 1. The van der Waals surface area contributed by atoms with Gasteiger partial charge in [0.05, 0.1) is 5.56 Å². The van der Waals surface area contributed by atoms with Crippen molar-refractivity contribution in [2.45, 2.75) is 26.2 Å². The molecule has 2 N–H and O–H groups in total. The van der Waals surface area contributed by atoms with Gasteiger partial charge in [0.2, 0.25) is 0 Å². The smallest absolute Gasteiger partial charge is 0.256 e. The minimum Gasteiger partial charge on any atom is -0.342 e. The zero-order valence-corrected chi connectivity index (χ0v) is 11.1. The molecule has 0 unspecified atom stereocenters. The normalized spacial score (nSPS) is 10.4. The van der Waals surface area contributed by atoms with E-state index >= 15 is 0 Å². The second-order valence-corrected chi connectivity index (χ2v) is 4.56. The van der Waals surface area contributed by atoms with Crippen LogP contribution in [-0.2, 0) is 0 Å². The van der Waals surface area contributed by atoms with Crippen molar-refractivity contribution in [2.24, 2.45) is 5.73 Å². The Kier molecular flexibility index (Phi) is 5.78. The number of aryl methyl sites for hydroxylation is 1. The molecule has 0 heterocycles. The number of hydrogen-bond donors (Lipinski definition) is 1. The van der Waals surface area contributed by atoms with Crippen LogP contribution in [0.3, 0.4) is 0 Å². The number of carbonyl (C=O) groups excluding carboxylic acids is 1. The number of nitrogens with two attached hydrogens (primary N) is 1. The predicted octanol–water partition coefficient (Wildman–Crippen LogP) is 2.34. The summed E-state index contributed by atoms with van der Waals surface area (Å²) in [5.74, 6) is -0.714. The standard InChI is InChI=1S/C14H21FN2O/c1-11-6-7-12(13(15)10-11)14(18)17(2)9-5-3-4-8-16/h6-7,10H,3-5,8-9,16H2,1-2H3. The third-order valence-corrected chi connectivity index (χ3v) is 2.90. The van der Waals surface area contributed by atoms with Crippen molar-refractivity contribution < 1.29 is 9.18 Å². The van der Waals surface area contributed by atoms with E-state index in [1.807, 2.05) is 0 Å². The van der Waals surface area contributed by atoms with Crippen LogP contribution in [0.5, 0.6) is 0 Å². The fourth-order valence-electron chi connectivity index (χ4n) is 1.77. The van der Waals surface area contributed by atoms with Crippen LogP contribution < -0.4 is 5.73 Å². The van der Waals surface area contributed by atoms with E-state index in [4.69, 9.17) is 5.73 Å². The minimum absolute atomic E-state index is 0.141. The quantitative estimate of drug-likeness (QED) is 0.790. The molecule has 1 aromatic carbocycles. The molecule has 0 aromatic heterocycles. The van der Waals surface area contributed by atoms with Gasteiger partial charge in [-0.1, -0.05) is 12.5 Å². The zero-order chi connectivity index (χ0) is 13.5. The molecule has 0 atom stereocenters. The Morgan fingerprint density at radius 3 is 2.67 bits per heavy atom. The Morgan fingerprint density at radius 1 is 1.33 bits per heavy atom. The average Bonchev–Trinajstić information content (AvgIpc) is 2.33. The molecule has 0 spiro atoms. The average molecular weight is 252 g/mol. The molecule has 18 heavy (non-hydrogen) atoms. The lowest BCUT2D eigenvalue weighted by Crippen LogP contribution is -2.28. The van der Waals surface area contributed by atoms with Gasteiger partial charge in [0.25, 0.3) is 5.91 Å². The van der Waals surface area contributed by atoms with Crippen LogP contribution in [0.4, 0.5) is 4.39 Å². The van der Waals surface area contributed by atoms with Crippen molar-refractivity contribution in [2.75, 3.05) is 20.1 Å². The Labute approximate surface area is 108 Å². The maximum absolute atomic E-state index is 13.6. The molecular formula is C14H21FN2O. The van der Waals surface area contributed by atoms with Crippen molar-refractivity contribution in [3.8, 4) is 0 Å². The highest BCUT2D eigenvalue weighted by Gasteiger charge is 2.15. The Balaban J connectivity index is 2.57. The monoisotopic (exact) mass is 252 g/mol. The first-order valence-electron chi connectivity index (χ1n) is 6.28. The molecule has 0 saturated carbocycles. The van der Waals surface area contributed by atoms with Gasteiger partial charge in [-0.3, -0.25) is 4.79 Å². The summed E-state index contributed by atoms with van der Waals surface area (Å²) in [5, 5.41) is 0. The van der Waals surface area contributed by atoms with Crippen molar-refractivity contribution in [1.82, 2.24) is 4.90 Å². The van der Waals surface area contributed by atoms with Gasteiger partial charge in [0, 0.05) is 13.6 Å². The number of benzene rings is 1. The van der Waals surface area contributed by atoms with Crippen molar-refractivity contribution >= 4 is 5.91 Å². The number of amides is 1. The van der Waals surface area contributed by atoms with Gasteiger partial charge >= 0.3 is 0 Å². The first-order valence-corrected chi connectivity index (χ1v) is 6.28. The second kappa shape index (κ2) is 7.11. The van der Waals surface area contributed by atoms with E-state index in [0.29, 0.717) is 13.1 Å². The lowest BCUT2D eigenvalue weighted by molar-refractivity contribution is 0.0788. The van der Waals surface area contributed by atoms with Crippen LogP contribution >= 0.6 is 0 Å². The van der Waals surface area contributed by atoms with Gasteiger partial charge in [-0.15, -0.1) is 0 Å². The van der Waals surface area contributed by atoms with Crippen molar-refractivity contribution in [1.29, 1.82) is 0 Å². The third-order valence-electron chi connectivity index (χ3n) is 2.90. The summed E-state index contributed by atoms with van der Waals surface area (Å²) in [4.78, 5) is 13.6. The summed E-state index contributed by atoms with van der Waals surface area (Å²) in [6, 6.07) is 4.68. The molecule has 0 bridgehead atoms. The molecule has 4 heteroatoms. The molecule has 0 aliphatic heterocycles. The molecule has 1 aromatic rings. The number of halogens is 1. The van der Waals surface area contributed by atoms with Gasteiger partial charge in [-0.2, -0.15) is 0 Å². The van der Waals surface area contributed by atoms with E-state index in [9.17, 15) is 9.18 Å².